The number of benzene rings is 2. The quantitative estimate of drug-likeness (QED) is 0.457. The summed E-state index contributed by atoms with van der Waals surface area (Å²) in [6.45, 7) is 2.86. The molecule has 1 aliphatic carbocycles. The number of amides is 1. The monoisotopic (exact) mass is 526 g/mol. The van der Waals surface area contributed by atoms with Crippen LogP contribution in [-0.4, -0.2) is 68.1 Å². The van der Waals surface area contributed by atoms with Gasteiger partial charge in [-0.2, -0.15) is 0 Å². The average Bonchev–Trinajstić information content (AvgIpc) is 3.44. The summed E-state index contributed by atoms with van der Waals surface area (Å²) in [6, 6.07) is 9.67. The highest BCUT2D eigenvalue weighted by molar-refractivity contribution is 5.85. The van der Waals surface area contributed by atoms with Crippen LogP contribution in [0.25, 0.3) is 11.1 Å². The minimum atomic E-state index is -1.33. The van der Waals surface area contributed by atoms with Crippen molar-refractivity contribution in [2.45, 2.75) is 63.7 Å². The minimum absolute atomic E-state index is 0.0107. The van der Waals surface area contributed by atoms with Crippen molar-refractivity contribution < 1.29 is 33.6 Å². The number of carbonyl (C=O) groups is 2. The summed E-state index contributed by atoms with van der Waals surface area (Å²) in [5.41, 5.74) is 3.16. The van der Waals surface area contributed by atoms with Crippen LogP contribution in [0.15, 0.2) is 30.3 Å². The predicted molar refractivity (Wildman–Crippen MR) is 144 cm³/mol. The molecule has 0 spiro atoms. The molecule has 2 aromatic rings. The maximum atomic E-state index is 12.5. The normalized spacial score (nSPS) is 19.7. The van der Waals surface area contributed by atoms with Crippen LogP contribution in [0.4, 0.5) is 10.5 Å². The second kappa shape index (κ2) is 11.9. The summed E-state index contributed by atoms with van der Waals surface area (Å²) in [5.74, 6) is 0.353. The van der Waals surface area contributed by atoms with Crippen molar-refractivity contribution in [3.8, 4) is 22.6 Å². The van der Waals surface area contributed by atoms with Gasteiger partial charge in [0.2, 0.25) is 0 Å². The molecular weight excluding hydrogens is 488 g/mol. The van der Waals surface area contributed by atoms with Crippen LogP contribution < -0.4 is 14.8 Å². The average molecular weight is 527 g/mol. The zero-order valence-corrected chi connectivity index (χ0v) is 22.7. The van der Waals surface area contributed by atoms with E-state index in [1.54, 1.807) is 14.2 Å². The first-order valence-corrected chi connectivity index (χ1v) is 13.1. The SMILES string of the molecule is COC(=O)N1CCCC(Nc2cc(C)c(-c3cc(OC)cc(OC)c3)c(COC3CCCC3)c2)(C(=O)O)C1. The van der Waals surface area contributed by atoms with Crippen molar-refractivity contribution in [1.29, 1.82) is 0 Å². The predicted octanol–water partition coefficient (Wildman–Crippen LogP) is 5.24. The van der Waals surface area contributed by atoms with E-state index < -0.39 is 17.6 Å². The summed E-state index contributed by atoms with van der Waals surface area (Å²) < 4.78 is 22.2. The number of aliphatic carboxylic acids is 1. The van der Waals surface area contributed by atoms with Gasteiger partial charge in [-0.3, -0.25) is 0 Å². The number of carbonyl (C=O) groups excluding carboxylic acids is 1. The number of methoxy groups -OCH3 is 3. The molecule has 0 aromatic heterocycles. The van der Waals surface area contributed by atoms with Gasteiger partial charge in [0.15, 0.2) is 5.54 Å². The van der Waals surface area contributed by atoms with Crippen LogP contribution in [0.2, 0.25) is 0 Å². The number of anilines is 1. The number of likely N-dealkylation sites (tertiary alicyclic amines) is 1. The first-order valence-electron chi connectivity index (χ1n) is 13.1. The Morgan fingerprint density at radius 3 is 2.32 bits per heavy atom. The molecular formula is C29H38N2O7. The van der Waals surface area contributed by atoms with Crippen LogP contribution in [0.5, 0.6) is 11.5 Å². The summed E-state index contributed by atoms with van der Waals surface area (Å²) in [6.07, 6.45) is 5.06. The number of nitrogens with zero attached hydrogens (tertiary/aromatic N) is 1. The van der Waals surface area contributed by atoms with E-state index in [0.29, 0.717) is 43.2 Å². The molecule has 2 aliphatic rings. The largest absolute Gasteiger partial charge is 0.497 e. The number of hydrogen-bond donors (Lipinski definition) is 2. The van der Waals surface area contributed by atoms with E-state index in [4.69, 9.17) is 18.9 Å². The molecule has 1 atom stereocenters. The Bertz CT molecular complexity index is 1140. The lowest BCUT2D eigenvalue weighted by molar-refractivity contribution is -0.144. The standard InChI is InChI=1S/C29H38N2O7/c1-19-12-22(30-29(27(32)33)10-7-11-31(18-29)28(34)37-4)13-21(17-38-23-8-5-6-9-23)26(19)20-14-24(35-2)16-25(15-20)36-3/h12-16,23,30H,5-11,17-18H2,1-4H3,(H,32,33). The third kappa shape index (κ3) is 5.99. The van der Waals surface area contributed by atoms with Crippen molar-refractivity contribution >= 4 is 17.7 Å². The Kier molecular flexibility index (Phi) is 8.66. The molecule has 9 nitrogen and oxygen atoms in total. The van der Waals surface area contributed by atoms with E-state index in [9.17, 15) is 14.7 Å². The lowest BCUT2D eigenvalue weighted by Crippen LogP contribution is -2.59. The molecule has 1 unspecified atom stereocenters. The second-order valence-corrected chi connectivity index (χ2v) is 10.2. The number of ether oxygens (including phenoxy) is 4. The molecule has 4 rings (SSSR count). The minimum Gasteiger partial charge on any atom is -0.497 e. The Balaban J connectivity index is 1.73. The molecule has 1 heterocycles. The molecule has 206 valence electrons. The van der Waals surface area contributed by atoms with Gasteiger partial charge in [0.25, 0.3) is 0 Å². The van der Waals surface area contributed by atoms with Gasteiger partial charge in [-0.05, 0) is 79.1 Å². The van der Waals surface area contributed by atoms with Crippen LogP contribution in [-0.2, 0) is 20.9 Å². The third-order valence-electron chi connectivity index (χ3n) is 7.55. The van der Waals surface area contributed by atoms with E-state index in [0.717, 1.165) is 35.1 Å². The topological polar surface area (TPSA) is 107 Å². The van der Waals surface area contributed by atoms with Gasteiger partial charge in [-0.15, -0.1) is 0 Å². The zero-order valence-electron chi connectivity index (χ0n) is 22.7. The Labute approximate surface area is 224 Å². The van der Waals surface area contributed by atoms with Gasteiger partial charge < -0.3 is 34.3 Å². The maximum Gasteiger partial charge on any atom is 0.409 e. The van der Waals surface area contributed by atoms with Gasteiger partial charge in [0.05, 0.1) is 40.6 Å². The number of carboxylic acid groups (broad SMARTS) is 1. The molecule has 2 N–H and O–H groups in total. The van der Waals surface area contributed by atoms with Gasteiger partial charge in [-0.1, -0.05) is 12.8 Å². The molecule has 1 saturated carbocycles. The highest BCUT2D eigenvalue weighted by Gasteiger charge is 2.44. The summed E-state index contributed by atoms with van der Waals surface area (Å²) in [7, 11) is 4.55. The number of nitrogens with one attached hydrogen (secondary N) is 1. The van der Waals surface area contributed by atoms with Crippen LogP contribution in [0.1, 0.15) is 49.7 Å². The van der Waals surface area contributed by atoms with Crippen molar-refractivity contribution in [2.24, 2.45) is 0 Å². The van der Waals surface area contributed by atoms with Gasteiger partial charge >= 0.3 is 12.1 Å². The molecule has 1 amide bonds. The fraction of sp³-hybridized carbons (Fsp3) is 0.517. The van der Waals surface area contributed by atoms with Crippen molar-refractivity contribution in [3.63, 3.8) is 0 Å². The van der Waals surface area contributed by atoms with E-state index in [2.05, 4.69) is 5.32 Å². The lowest BCUT2D eigenvalue weighted by atomic mass is 9.88. The lowest BCUT2D eigenvalue weighted by Gasteiger charge is -2.40. The van der Waals surface area contributed by atoms with Gasteiger partial charge in [0.1, 0.15) is 11.5 Å². The summed E-state index contributed by atoms with van der Waals surface area (Å²) in [5, 5.41) is 13.5. The van der Waals surface area contributed by atoms with E-state index in [1.165, 1.54) is 24.9 Å². The molecule has 0 bridgehead atoms. The third-order valence-corrected chi connectivity index (χ3v) is 7.55. The van der Waals surface area contributed by atoms with Crippen molar-refractivity contribution in [2.75, 3.05) is 39.7 Å². The van der Waals surface area contributed by atoms with Gasteiger partial charge in [0, 0.05) is 18.3 Å². The fourth-order valence-corrected chi connectivity index (χ4v) is 5.62. The van der Waals surface area contributed by atoms with E-state index in [-0.39, 0.29) is 12.6 Å². The van der Waals surface area contributed by atoms with Crippen LogP contribution >= 0.6 is 0 Å². The molecule has 1 saturated heterocycles. The number of carboxylic acids is 1. The first-order chi connectivity index (χ1) is 18.3. The van der Waals surface area contributed by atoms with E-state index >= 15 is 0 Å². The second-order valence-electron chi connectivity index (χ2n) is 10.2. The molecule has 9 heteroatoms. The number of piperidine rings is 1. The Morgan fingerprint density at radius 1 is 1.03 bits per heavy atom. The van der Waals surface area contributed by atoms with Crippen molar-refractivity contribution in [3.05, 3.63) is 41.5 Å². The molecule has 38 heavy (non-hydrogen) atoms. The first kappa shape index (κ1) is 27.6. The molecule has 0 radical (unpaired) electrons. The summed E-state index contributed by atoms with van der Waals surface area (Å²) in [4.78, 5) is 26.2. The van der Waals surface area contributed by atoms with Crippen molar-refractivity contribution in [1.82, 2.24) is 4.90 Å². The maximum absolute atomic E-state index is 12.5. The van der Waals surface area contributed by atoms with E-state index in [1.807, 2.05) is 37.3 Å². The summed E-state index contributed by atoms with van der Waals surface area (Å²) >= 11 is 0. The zero-order chi connectivity index (χ0) is 27.3. The smallest absolute Gasteiger partial charge is 0.409 e. The fourth-order valence-electron chi connectivity index (χ4n) is 5.62. The number of aryl methyl sites for hydroxylation is 1. The number of hydrogen-bond acceptors (Lipinski definition) is 7. The number of rotatable bonds is 9. The van der Waals surface area contributed by atoms with Crippen LogP contribution in [0, 0.1) is 6.92 Å². The van der Waals surface area contributed by atoms with Crippen LogP contribution in [0.3, 0.4) is 0 Å². The van der Waals surface area contributed by atoms with Gasteiger partial charge in [-0.25, -0.2) is 9.59 Å². The Morgan fingerprint density at radius 2 is 1.71 bits per heavy atom. The Hall–Kier alpha value is -3.46. The molecule has 1 aliphatic heterocycles. The molecule has 2 fully saturated rings. The highest BCUT2D eigenvalue weighted by Crippen LogP contribution is 2.38. The highest BCUT2D eigenvalue weighted by atomic mass is 16.5. The molecule has 2 aromatic carbocycles.